The van der Waals surface area contributed by atoms with Crippen molar-refractivity contribution in [1.29, 1.82) is 0 Å². The molecule has 0 aliphatic carbocycles. The van der Waals surface area contributed by atoms with E-state index in [1.807, 2.05) is 43.3 Å². The summed E-state index contributed by atoms with van der Waals surface area (Å²) in [6, 6.07) is 15.9. The Labute approximate surface area is 169 Å². The summed E-state index contributed by atoms with van der Waals surface area (Å²) in [6.07, 6.45) is 1.49. The minimum absolute atomic E-state index is 0.0987. The molecule has 1 aliphatic heterocycles. The highest BCUT2D eigenvalue weighted by molar-refractivity contribution is 5.89. The largest absolute Gasteiger partial charge is 0.353 e. The Morgan fingerprint density at radius 1 is 1.00 bits per heavy atom. The van der Waals surface area contributed by atoms with Crippen molar-refractivity contribution in [3.8, 4) is 11.3 Å². The van der Waals surface area contributed by atoms with E-state index in [4.69, 9.17) is 0 Å². The summed E-state index contributed by atoms with van der Waals surface area (Å²) in [5.41, 5.74) is 3.29. The molecular weight excluding hydrogens is 369 g/mol. The highest BCUT2D eigenvalue weighted by Crippen LogP contribution is 2.22. The van der Waals surface area contributed by atoms with Gasteiger partial charge in [0, 0.05) is 43.5 Å². The van der Waals surface area contributed by atoms with E-state index in [9.17, 15) is 9.18 Å². The number of benzene rings is 2. The van der Waals surface area contributed by atoms with Gasteiger partial charge in [-0.2, -0.15) is 0 Å². The van der Waals surface area contributed by atoms with Crippen molar-refractivity contribution in [2.24, 2.45) is 0 Å². The summed E-state index contributed by atoms with van der Waals surface area (Å²) in [4.78, 5) is 25.1. The lowest BCUT2D eigenvalue weighted by atomic mass is 10.1. The topological polar surface area (TPSA) is 61.4 Å². The van der Waals surface area contributed by atoms with Crippen molar-refractivity contribution in [2.75, 3.05) is 36.4 Å². The molecule has 0 atom stereocenters. The average Bonchev–Trinajstić information content (AvgIpc) is 2.74. The number of anilines is 2. The molecule has 7 heteroatoms. The number of urea groups is 1. The maximum absolute atomic E-state index is 13.5. The third-order valence-corrected chi connectivity index (χ3v) is 4.93. The number of aromatic nitrogens is 2. The van der Waals surface area contributed by atoms with Gasteiger partial charge in [0.25, 0.3) is 0 Å². The third-order valence-electron chi connectivity index (χ3n) is 4.93. The molecule has 0 saturated carbocycles. The van der Waals surface area contributed by atoms with Gasteiger partial charge in [0.15, 0.2) is 0 Å². The van der Waals surface area contributed by atoms with Crippen molar-refractivity contribution >= 4 is 17.5 Å². The molecular formula is C22H22FN5O. The first-order valence-corrected chi connectivity index (χ1v) is 9.54. The van der Waals surface area contributed by atoms with Crippen LogP contribution in [0.5, 0.6) is 0 Å². The number of piperazine rings is 1. The van der Waals surface area contributed by atoms with E-state index in [-0.39, 0.29) is 11.8 Å². The fourth-order valence-electron chi connectivity index (χ4n) is 3.39. The first-order valence-electron chi connectivity index (χ1n) is 9.54. The van der Waals surface area contributed by atoms with Crippen LogP contribution in [-0.4, -0.2) is 47.1 Å². The van der Waals surface area contributed by atoms with E-state index in [0.29, 0.717) is 37.4 Å². The molecule has 29 heavy (non-hydrogen) atoms. The number of carbonyl (C=O) groups excluding carboxylic acids is 1. The molecule has 148 valence electrons. The molecule has 0 radical (unpaired) electrons. The molecule has 1 fully saturated rings. The van der Waals surface area contributed by atoms with Crippen LogP contribution in [-0.2, 0) is 0 Å². The number of carbonyl (C=O) groups is 1. The SMILES string of the molecule is Cc1cccc(NC(=O)N2CCN(c3cc(-c4cccc(F)c4)ncn3)CC2)c1. The molecule has 1 N–H and O–H groups in total. The third kappa shape index (κ3) is 4.51. The zero-order valence-electron chi connectivity index (χ0n) is 16.2. The van der Waals surface area contributed by atoms with Crippen LogP contribution in [0.2, 0.25) is 0 Å². The van der Waals surface area contributed by atoms with E-state index in [1.54, 1.807) is 11.0 Å². The first-order chi connectivity index (χ1) is 14.1. The second-order valence-corrected chi connectivity index (χ2v) is 7.05. The number of rotatable bonds is 3. The Kier molecular flexibility index (Phi) is 5.37. The molecule has 0 unspecified atom stereocenters. The van der Waals surface area contributed by atoms with Crippen LogP contribution < -0.4 is 10.2 Å². The number of nitrogens with zero attached hydrogens (tertiary/aromatic N) is 4. The van der Waals surface area contributed by atoms with E-state index < -0.39 is 0 Å². The minimum atomic E-state index is -0.295. The number of aryl methyl sites for hydroxylation is 1. The molecule has 6 nitrogen and oxygen atoms in total. The fourth-order valence-corrected chi connectivity index (χ4v) is 3.39. The van der Waals surface area contributed by atoms with Gasteiger partial charge in [0.05, 0.1) is 5.69 Å². The van der Waals surface area contributed by atoms with Crippen molar-refractivity contribution < 1.29 is 9.18 Å². The molecule has 4 rings (SSSR count). The highest BCUT2D eigenvalue weighted by atomic mass is 19.1. The normalized spacial score (nSPS) is 14.0. The first kappa shape index (κ1) is 18.9. The fraction of sp³-hybridized carbons (Fsp3) is 0.227. The van der Waals surface area contributed by atoms with Crippen molar-refractivity contribution in [3.05, 3.63) is 72.3 Å². The van der Waals surface area contributed by atoms with Gasteiger partial charge < -0.3 is 15.1 Å². The van der Waals surface area contributed by atoms with Crippen LogP contribution in [0.4, 0.5) is 20.7 Å². The summed E-state index contributed by atoms with van der Waals surface area (Å²) in [7, 11) is 0. The Hall–Kier alpha value is -3.48. The predicted octanol–water partition coefficient (Wildman–Crippen LogP) is 3.95. The summed E-state index contributed by atoms with van der Waals surface area (Å²) < 4.78 is 13.5. The van der Waals surface area contributed by atoms with Crippen LogP contribution in [0.1, 0.15) is 5.56 Å². The van der Waals surface area contributed by atoms with Crippen molar-refractivity contribution in [1.82, 2.24) is 14.9 Å². The quantitative estimate of drug-likeness (QED) is 0.735. The highest BCUT2D eigenvalue weighted by Gasteiger charge is 2.22. The summed E-state index contributed by atoms with van der Waals surface area (Å²) in [5, 5.41) is 2.95. The summed E-state index contributed by atoms with van der Waals surface area (Å²) >= 11 is 0. The van der Waals surface area contributed by atoms with E-state index in [2.05, 4.69) is 20.2 Å². The number of amides is 2. The van der Waals surface area contributed by atoms with Gasteiger partial charge >= 0.3 is 6.03 Å². The van der Waals surface area contributed by atoms with E-state index >= 15 is 0 Å². The molecule has 2 aromatic carbocycles. The monoisotopic (exact) mass is 391 g/mol. The van der Waals surface area contributed by atoms with Gasteiger partial charge in [0.1, 0.15) is 18.0 Å². The summed E-state index contributed by atoms with van der Waals surface area (Å²) in [6.45, 7) is 4.52. The standard InChI is InChI=1S/C22H22FN5O/c1-16-4-2-7-19(12-16)26-22(29)28-10-8-27(9-11-28)21-14-20(24-15-25-21)17-5-3-6-18(23)13-17/h2-7,12-15H,8-11H2,1H3,(H,26,29). The molecule has 3 aromatic rings. The average molecular weight is 391 g/mol. The number of halogens is 1. The van der Waals surface area contributed by atoms with Gasteiger partial charge in [0.2, 0.25) is 0 Å². The van der Waals surface area contributed by atoms with Crippen LogP contribution in [0.3, 0.4) is 0 Å². The molecule has 1 aliphatic rings. The molecule has 1 saturated heterocycles. The zero-order chi connectivity index (χ0) is 20.2. The Bertz CT molecular complexity index is 1020. The molecule has 0 spiro atoms. The Morgan fingerprint density at radius 2 is 1.79 bits per heavy atom. The van der Waals surface area contributed by atoms with Crippen LogP contribution in [0, 0.1) is 12.7 Å². The number of hydrogen-bond donors (Lipinski definition) is 1. The maximum Gasteiger partial charge on any atom is 0.321 e. The molecule has 2 amide bonds. The smallest absolute Gasteiger partial charge is 0.321 e. The lowest BCUT2D eigenvalue weighted by Crippen LogP contribution is -2.50. The lowest BCUT2D eigenvalue weighted by molar-refractivity contribution is 0.208. The summed E-state index contributed by atoms with van der Waals surface area (Å²) in [5.74, 6) is 0.480. The van der Waals surface area contributed by atoms with Crippen molar-refractivity contribution in [2.45, 2.75) is 6.92 Å². The van der Waals surface area contributed by atoms with E-state index in [0.717, 1.165) is 17.1 Å². The second kappa shape index (κ2) is 8.26. The number of nitrogens with one attached hydrogen (secondary N) is 1. The van der Waals surface area contributed by atoms with Gasteiger partial charge in [-0.05, 0) is 36.8 Å². The molecule has 1 aromatic heterocycles. The predicted molar refractivity (Wildman–Crippen MR) is 111 cm³/mol. The van der Waals surface area contributed by atoms with Crippen LogP contribution in [0.15, 0.2) is 60.9 Å². The van der Waals surface area contributed by atoms with Gasteiger partial charge in [-0.15, -0.1) is 0 Å². The Balaban J connectivity index is 1.39. The minimum Gasteiger partial charge on any atom is -0.353 e. The molecule has 0 bridgehead atoms. The van der Waals surface area contributed by atoms with Gasteiger partial charge in [-0.1, -0.05) is 24.3 Å². The van der Waals surface area contributed by atoms with Crippen molar-refractivity contribution in [3.63, 3.8) is 0 Å². The second-order valence-electron chi connectivity index (χ2n) is 7.05. The van der Waals surface area contributed by atoms with E-state index in [1.165, 1.54) is 18.5 Å². The zero-order valence-corrected chi connectivity index (χ0v) is 16.2. The maximum atomic E-state index is 13.5. The Morgan fingerprint density at radius 3 is 2.55 bits per heavy atom. The van der Waals surface area contributed by atoms with Crippen LogP contribution in [0.25, 0.3) is 11.3 Å². The van der Waals surface area contributed by atoms with Gasteiger partial charge in [-0.25, -0.2) is 19.2 Å². The molecule has 2 heterocycles. The van der Waals surface area contributed by atoms with Crippen LogP contribution >= 0.6 is 0 Å². The van der Waals surface area contributed by atoms with Gasteiger partial charge in [-0.3, -0.25) is 0 Å². The lowest BCUT2D eigenvalue weighted by Gasteiger charge is -2.35. The number of hydrogen-bond acceptors (Lipinski definition) is 4.